The number of amides is 1. The fourth-order valence-electron chi connectivity index (χ4n) is 3.10. The smallest absolute Gasteiger partial charge is 0.245 e. The molecule has 0 N–H and O–H groups in total. The van der Waals surface area contributed by atoms with E-state index in [1.54, 1.807) is 0 Å². The summed E-state index contributed by atoms with van der Waals surface area (Å²) in [5.74, 6) is 0.865. The molecule has 0 bridgehead atoms. The molecular weight excluding hydrogens is 314 g/mol. The maximum absolute atomic E-state index is 12.5. The molecule has 1 aliphatic rings. The number of benzene rings is 1. The Morgan fingerprint density at radius 3 is 2.28 bits per heavy atom. The summed E-state index contributed by atoms with van der Waals surface area (Å²) in [6.45, 7) is 7.06. The molecule has 1 fully saturated rings. The molecule has 0 spiro atoms. The third-order valence-electron chi connectivity index (χ3n) is 4.61. The van der Waals surface area contributed by atoms with Gasteiger partial charge in [0.05, 0.1) is 17.8 Å². The summed E-state index contributed by atoms with van der Waals surface area (Å²) < 4.78 is 0. The van der Waals surface area contributed by atoms with Crippen LogP contribution < -0.4 is 4.90 Å². The summed E-state index contributed by atoms with van der Waals surface area (Å²) in [6.07, 6.45) is 2.18. The highest BCUT2D eigenvalue weighted by atomic mass is 16.2. The second kappa shape index (κ2) is 8.05. The third kappa shape index (κ3) is 4.13. The Morgan fingerprint density at radius 1 is 0.960 bits per heavy atom. The average Bonchev–Trinajstić information content (AvgIpc) is 2.68. The quantitative estimate of drug-likeness (QED) is 0.832. The van der Waals surface area contributed by atoms with Gasteiger partial charge in [0.15, 0.2) is 0 Å². The molecule has 0 radical (unpaired) electrons. The van der Waals surface area contributed by atoms with Gasteiger partial charge in [0.1, 0.15) is 0 Å². The fraction of sp³-hybridized carbons (Fsp3) is 0.474. The highest BCUT2D eigenvalue weighted by Crippen LogP contribution is 2.14. The molecule has 0 atom stereocenters. The van der Waals surface area contributed by atoms with Crippen molar-refractivity contribution in [3.63, 3.8) is 0 Å². The third-order valence-corrected chi connectivity index (χ3v) is 4.61. The molecule has 1 saturated heterocycles. The van der Waals surface area contributed by atoms with E-state index in [2.05, 4.69) is 33.9 Å². The predicted molar refractivity (Wildman–Crippen MR) is 97.5 cm³/mol. The molecule has 25 heavy (non-hydrogen) atoms. The van der Waals surface area contributed by atoms with Crippen LogP contribution in [0.1, 0.15) is 30.8 Å². The number of aryl methyl sites for hydroxylation is 2. The Hall–Kier alpha value is -2.50. The van der Waals surface area contributed by atoms with Crippen LogP contribution in [-0.4, -0.2) is 52.2 Å². The van der Waals surface area contributed by atoms with E-state index in [9.17, 15) is 4.79 Å². The molecule has 132 valence electrons. The van der Waals surface area contributed by atoms with Crippen LogP contribution in [-0.2, 0) is 24.1 Å². The van der Waals surface area contributed by atoms with Gasteiger partial charge in [-0.3, -0.25) is 4.79 Å². The first kappa shape index (κ1) is 17.3. The molecule has 0 saturated carbocycles. The summed E-state index contributed by atoms with van der Waals surface area (Å²) in [5, 5.41) is 8.60. The van der Waals surface area contributed by atoms with Gasteiger partial charge in [-0.2, -0.15) is 5.10 Å². The number of rotatable bonds is 5. The van der Waals surface area contributed by atoms with Gasteiger partial charge < -0.3 is 9.80 Å². The lowest BCUT2D eigenvalue weighted by molar-refractivity contribution is -0.130. The number of hydrogen-bond donors (Lipinski definition) is 0. The number of carbonyl (C=O) groups is 1. The molecule has 0 aliphatic carbocycles. The Labute approximate surface area is 148 Å². The normalized spacial score (nSPS) is 14.6. The lowest BCUT2D eigenvalue weighted by atomic mass is 10.1. The first-order chi connectivity index (χ1) is 12.2. The summed E-state index contributed by atoms with van der Waals surface area (Å²) in [5.41, 5.74) is 3.06. The van der Waals surface area contributed by atoms with Crippen molar-refractivity contribution in [2.75, 3.05) is 31.1 Å². The zero-order valence-corrected chi connectivity index (χ0v) is 15.0. The standard InChI is InChI=1S/C19H25N5O/c1-3-16-17(4-2)21-22-19(20-16)24-12-10-23(11-13-24)18(25)14-15-8-6-5-7-9-15/h5-9H,3-4,10-14H2,1-2H3. The Bertz CT molecular complexity index is 711. The van der Waals surface area contributed by atoms with Gasteiger partial charge in [0.25, 0.3) is 0 Å². The highest BCUT2D eigenvalue weighted by Gasteiger charge is 2.23. The van der Waals surface area contributed by atoms with Crippen LogP contribution in [0, 0.1) is 0 Å². The van der Waals surface area contributed by atoms with Crippen molar-refractivity contribution < 1.29 is 4.79 Å². The fourth-order valence-corrected chi connectivity index (χ4v) is 3.10. The first-order valence-electron chi connectivity index (χ1n) is 9.00. The van der Waals surface area contributed by atoms with Gasteiger partial charge in [0.2, 0.25) is 11.9 Å². The summed E-state index contributed by atoms with van der Waals surface area (Å²) >= 11 is 0. The van der Waals surface area contributed by atoms with Crippen molar-refractivity contribution in [3.05, 3.63) is 47.3 Å². The van der Waals surface area contributed by atoms with Gasteiger partial charge in [-0.1, -0.05) is 44.2 Å². The van der Waals surface area contributed by atoms with Crippen molar-refractivity contribution in [2.24, 2.45) is 0 Å². The van der Waals surface area contributed by atoms with E-state index in [0.29, 0.717) is 25.5 Å². The molecule has 1 aliphatic heterocycles. The zero-order valence-electron chi connectivity index (χ0n) is 15.0. The van der Waals surface area contributed by atoms with Gasteiger partial charge in [0, 0.05) is 26.2 Å². The van der Waals surface area contributed by atoms with Crippen LogP contribution >= 0.6 is 0 Å². The van der Waals surface area contributed by atoms with E-state index >= 15 is 0 Å². The van der Waals surface area contributed by atoms with Crippen LogP contribution in [0.4, 0.5) is 5.95 Å². The first-order valence-corrected chi connectivity index (χ1v) is 9.00. The Morgan fingerprint density at radius 2 is 1.64 bits per heavy atom. The van der Waals surface area contributed by atoms with Gasteiger partial charge in [-0.25, -0.2) is 4.98 Å². The number of anilines is 1. The maximum Gasteiger partial charge on any atom is 0.245 e. The van der Waals surface area contributed by atoms with Crippen molar-refractivity contribution >= 4 is 11.9 Å². The average molecular weight is 339 g/mol. The number of piperazine rings is 1. The van der Waals surface area contributed by atoms with Crippen LogP contribution in [0.5, 0.6) is 0 Å². The van der Waals surface area contributed by atoms with Crippen molar-refractivity contribution in [3.8, 4) is 0 Å². The minimum absolute atomic E-state index is 0.181. The monoisotopic (exact) mass is 339 g/mol. The van der Waals surface area contributed by atoms with Crippen LogP contribution in [0.25, 0.3) is 0 Å². The molecule has 2 heterocycles. The molecule has 0 unspecified atom stereocenters. The molecule has 1 aromatic carbocycles. The minimum Gasteiger partial charge on any atom is -0.339 e. The summed E-state index contributed by atoms with van der Waals surface area (Å²) in [6, 6.07) is 9.89. The minimum atomic E-state index is 0.181. The summed E-state index contributed by atoms with van der Waals surface area (Å²) in [4.78, 5) is 21.2. The topological polar surface area (TPSA) is 62.2 Å². The second-order valence-corrected chi connectivity index (χ2v) is 6.24. The maximum atomic E-state index is 12.5. The molecule has 1 amide bonds. The van der Waals surface area contributed by atoms with Crippen LogP contribution in [0.15, 0.2) is 30.3 Å². The van der Waals surface area contributed by atoms with Crippen molar-refractivity contribution in [2.45, 2.75) is 33.1 Å². The van der Waals surface area contributed by atoms with E-state index in [1.165, 1.54) is 0 Å². The van der Waals surface area contributed by atoms with Crippen molar-refractivity contribution in [1.82, 2.24) is 20.1 Å². The number of hydrogen-bond acceptors (Lipinski definition) is 5. The van der Waals surface area contributed by atoms with E-state index < -0.39 is 0 Å². The molecule has 2 aromatic rings. The zero-order chi connectivity index (χ0) is 17.6. The molecular formula is C19H25N5O. The largest absolute Gasteiger partial charge is 0.339 e. The Balaban J connectivity index is 1.59. The predicted octanol–water partition coefficient (Wildman–Crippen LogP) is 1.89. The highest BCUT2D eigenvalue weighted by molar-refractivity contribution is 5.79. The number of aromatic nitrogens is 3. The van der Waals surface area contributed by atoms with E-state index in [1.807, 2.05) is 35.2 Å². The number of carbonyl (C=O) groups excluding carboxylic acids is 1. The Kier molecular flexibility index (Phi) is 5.58. The number of nitrogens with zero attached hydrogens (tertiary/aromatic N) is 5. The van der Waals surface area contributed by atoms with E-state index in [0.717, 1.165) is 42.9 Å². The molecule has 1 aromatic heterocycles. The van der Waals surface area contributed by atoms with Gasteiger partial charge in [-0.05, 0) is 18.4 Å². The van der Waals surface area contributed by atoms with Crippen LogP contribution in [0.2, 0.25) is 0 Å². The van der Waals surface area contributed by atoms with Gasteiger partial charge in [-0.15, -0.1) is 5.10 Å². The van der Waals surface area contributed by atoms with Crippen LogP contribution in [0.3, 0.4) is 0 Å². The van der Waals surface area contributed by atoms with E-state index in [-0.39, 0.29) is 5.91 Å². The molecule has 6 heteroatoms. The second-order valence-electron chi connectivity index (χ2n) is 6.24. The lowest BCUT2D eigenvalue weighted by Crippen LogP contribution is -2.49. The molecule has 3 rings (SSSR count). The summed E-state index contributed by atoms with van der Waals surface area (Å²) in [7, 11) is 0. The molecule has 6 nitrogen and oxygen atoms in total. The van der Waals surface area contributed by atoms with E-state index in [4.69, 9.17) is 0 Å². The van der Waals surface area contributed by atoms with Crippen molar-refractivity contribution in [1.29, 1.82) is 0 Å². The lowest BCUT2D eigenvalue weighted by Gasteiger charge is -2.34. The SMILES string of the molecule is CCc1nnc(N2CCN(C(=O)Cc3ccccc3)CC2)nc1CC. The van der Waals surface area contributed by atoms with Gasteiger partial charge >= 0.3 is 0 Å².